The van der Waals surface area contributed by atoms with Crippen molar-refractivity contribution in [1.29, 1.82) is 5.26 Å². The number of nitrogens with one attached hydrogen (secondary N) is 1. The van der Waals surface area contributed by atoms with E-state index < -0.39 is 12.5 Å². The lowest BCUT2D eigenvalue weighted by atomic mass is 9.92. The maximum atomic E-state index is 13.8. The van der Waals surface area contributed by atoms with Gasteiger partial charge in [-0.1, -0.05) is 6.07 Å². The molecule has 1 unspecified atom stereocenters. The number of rotatable bonds is 5. The average Bonchev–Trinajstić information content (AvgIpc) is 3.46. The summed E-state index contributed by atoms with van der Waals surface area (Å²) in [4.78, 5) is 17.9. The van der Waals surface area contributed by atoms with Gasteiger partial charge in [-0.25, -0.2) is 18.6 Å². The predicted molar refractivity (Wildman–Crippen MR) is 118 cm³/mol. The number of nitriles is 1. The van der Waals surface area contributed by atoms with Crippen LogP contribution in [0.1, 0.15) is 50.1 Å². The molecule has 2 aliphatic heterocycles. The van der Waals surface area contributed by atoms with Gasteiger partial charge in [-0.3, -0.25) is 10.2 Å². The van der Waals surface area contributed by atoms with Crippen LogP contribution in [0.25, 0.3) is 11.6 Å². The number of aryl methyl sites for hydroxylation is 1. The predicted octanol–water partition coefficient (Wildman–Crippen LogP) is 3.07. The Balaban J connectivity index is 1.37. The number of halogens is 2. The van der Waals surface area contributed by atoms with E-state index in [9.17, 15) is 13.6 Å². The molecule has 0 amide bonds. The quantitative estimate of drug-likeness (QED) is 0.550. The summed E-state index contributed by atoms with van der Waals surface area (Å²) < 4.78 is 38.5. The molecule has 0 saturated carbocycles. The van der Waals surface area contributed by atoms with Crippen LogP contribution in [-0.2, 0) is 17.9 Å². The van der Waals surface area contributed by atoms with Gasteiger partial charge in [0.05, 0.1) is 23.7 Å². The normalized spacial score (nSPS) is 20.1. The first-order valence-electron chi connectivity index (χ1n) is 11.1. The van der Waals surface area contributed by atoms with Crippen LogP contribution in [-0.4, -0.2) is 51.6 Å². The van der Waals surface area contributed by atoms with E-state index in [1.165, 1.54) is 6.20 Å². The number of aromatic nitrogens is 3. The number of esters is 1. The van der Waals surface area contributed by atoms with Crippen molar-refractivity contribution < 1.29 is 22.7 Å². The van der Waals surface area contributed by atoms with Gasteiger partial charge >= 0.3 is 5.97 Å². The van der Waals surface area contributed by atoms with Gasteiger partial charge in [0.1, 0.15) is 18.4 Å². The number of ether oxygens (including phenoxy) is 1. The fourth-order valence-electron chi connectivity index (χ4n) is 4.59. The fraction of sp³-hybridized carbons (Fsp3) is 0.375. The van der Waals surface area contributed by atoms with Crippen LogP contribution >= 0.6 is 0 Å². The Morgan fingerprint density at radius 3 is 2.86 bits per heavy atom. The molecular formula is C24H22F2N6O3. The first-order chi connectivity index (χ1) is 16.8. The van der Waals surface area contributed by atoms with Crippen molar-refractivity contribution in [2.45, 2.75) is 45.5 Å². The second kappa shape index (κ2) is 9.13. The standard InChI is InChI=1S/C24H22F2N6O3/c1-12-5-18(28-7-14(12)6-27)23-31-30-21(35-23)10-32-8-19(29-20(9-32)22(25)26)15-3-4-16-17(13(15)2)11-34-24(16)33/h3-5,7,19-20,22,29H,8-11H2,1-2H3/t19-,20?/m0/s1. The molecule has 4 heterocycles. The molecule has 0 spiro atoms. The molecule has 180 valence electrons. The maximum absolute atomic E-state index is 13.8. The Labute approximate surface area is 199 Å². The third-order valence-corrected chi connectivity index (χ3v) is 6.47. The van der Waals surface area contributed by atoms with E-state index in [1.807, 2.05) is 11.8 Å². The maximum Gasteiger partial charge on any atom is 0.338 e. The first kappa shape index (κ1) is 23.0. The van der Waals surface area contributed by atoms with E-state index in [1.54, 1.807) is 25.1 Å². The number of cyclic esters (lactones) is 1. The van der Waals surface area contributed by atoms with Gasteiger partial charge in [0.25, 0.3) is 12.3 Å². The lowest BCUT2D eigenvalue weighted by Gasteiger charge is -2.39. The molecule has 1 fully saturated rings. The Morgan fingerprint density at radius 1 is 1.29 bits per heavy atom. The van der Waals surface area contributed by atoms with Gasteiger partial charge in [0.15, 0.2) is 0 Å². The second-order valence-electron chi connectivity index (χ2n) is 8.73. The molecule has 35 heavy (non-hydrogen) atoms. The van der Waals surface area contributed by atoms with Gasteiger partial charge < -0.3 is 9.15 Å². The SMILES string of the molecule is Cc1cc(-c2nnc(CN3CC(C(F)F)N[C@H](c4ccc5c(c4C)COC5=O)C3)o2)ncc1C#N. The summed E-state index contributed by atoms with van der Waals surface area (Å²) in [5.74, 6) is 0.114. The van der Waals surface area contributed by atoms with Crippen molar-refractivity contribution in [3.8, 4) is 17.7 Å². The molecule has 2 aromatic heterocycles. The summed E-state index contributed by atoms with van der Waals surface area (Å²) >= 11 is 0. The molecule has 1 N–H and O–H groups in total. The minimum Gasteiger partial charge on any atom is -0.457 e. The third-order valence-electron chi connectivity index (χ3n) is 6.47. The zero-order chi connectivity index (χ0) is 24.7. The molecule has 1 saturated heterocycles. The molecule has 0 aliphatic carbocycles. The number of piperazine rings is 1. The lowest BCUT2D eigenvalue weighted by Crippen LogP contribution is -2.55. The number of nitrogens with zero attached hydrogens (tertiary/aromatic N) is 5. The number of fused-ring (bicyclic) bond motifs is 1. The molecule has 11 heteroatoms. The summed E-state index contributed by atoms with van der Waals surface area (Å²) in [7, 11) is 0. The highest BCUT2D eigenvalue weighted by atomic mass is 19.3. The Kier molecular flexibility index (Phi) is 6.00. The number of pyridine rings is 1. The van der Waals surface area contributed by atoms with E-state index in [2.05, 4.69) is 26.6 Å². The minimum absolute atomic E-state index is 0.103. The monoisotopic (exact) mass is 480 g/mol. The lowest BCUT2D eigenvalue weighted by molar-refractivity contribution is 0.0352. The molecule has 3 aromatic rings. The molecule has 1 aromatic carbocycles. The van der Waals surface area contributed by atoms with E-state index in [0.29, 0.717) is 23.4 Å². The Bertz CT molecular complexity index is 1340. The molecule has 2 aliphatic rings. The van der Waals surface area contributed by atoms with Crippen LogP contribution in [0, 0.1) is 25.2 Å². The van der Waals surface area contributed by atoms with E-state index >= 15 is 0 Å². The smallest absolute Gasteiger partial charge is 0.338 e. The molecule has 0 radical (unpaired) electrons. The van der Waals surface area contributed by atoms with E-state index in [4.69, 9.17) is 14.4 Å². The van der Waals surface area contributed by atoms with Gasteiger partial charge in [-0.15, -0.1) is 10.2 Å². The third kappa shape index (κ3) is 4.38. The van der Waals surface area contributed by atoms with E-state index in [0.717, 1.165) is 22.3 Å². The number of hydrogen-bond donors (Lipinski definition) is 1. The van der Waals surface area contributed by atoms with Crippen LogP contribution in [0.5, 0.6) is 0 Å². The summed E-state index contributed by atoms with van der Waals surface area (Å²) in [6.45, 7) is 4.58. The minimum atomic E-state index is -2.57. The zero-order valence-electron chi connectivity index (χ0n) is 19.1. The fourth-order valence-corrected chi connectivity index (χ4v) is 4.59. The summed E-state index contributed by atoms with van der Waals surface area (Å²) in [6, 6.07) is 5.81. The number of alkyl halides is 2. The van der Waals surface area contributed by atoms with Crippen molar-refractivity contribution >= 4 is 5.97 Å². The highest BCUT2D eigenvalue weighted by Crippen LogP contribution is 2.32. The molecule has 2 atom stereocenters. The van der Waals surface area contributed by atoms with Crippen LogP contribution in [0.3, 0.4) is 0 Å². The van der Waals surface area contributed by atoms with E-state index in [-0.39, 0.29) is 43.5 Å². The molecule has 5 rings (SSSR count). The number of carbonyl (C=O) groups excluding carboxylic acids is 1. The van der Waals surface area contributed by atoms with Crippen molar-refractivity contribution in [1.82, 2.24) is 25.4 Å². The van der Waals surface area contributed by atoms with Crippen molar-refractivity contribution in [3.05, 3.63) is 63.7 Å². The van der Waals surface area contributed by atoms with Crippen molar-refractivity contribution in [2.75, 3.05) is 13.1 Å². The van der Waals surface area contributed by atoms with Gasteiger partial charge in [-0.05, 0) is 42.7 Å². The molecule has 9 nitrogen and oxygen atoms in total. The first-order valence-corrected chi connectivity index (χ1v) is 11.1. The Morgan fingerprint density at radius 2 is 2.11 bits per heavy atom. The Hall–Kier alpha value is -3.75. The zero-order valence-corrected chi connectivity index (χ0v) is 19.1. The van der Waals surface area contributed by atoms with Crippen LogP contribution in [0.15, 0.2) is 28.8 Å². The summed E-state index contributed by atoms with van der Waals surface area (Å²) in [5, 5.41) is 20.3. The summed E-state index contributed by atoms with van der Waals surface area (Å²) in [6.07, 6.45) is -1.12. The number of benzene rings is 1. The van der Waals surface area contributed by atoms with Crippen molar-refractivity contribution in [3.63, 3.8) is 0 Å². The van der Waals surface area contributed by atoms with Crippen LogP contribution < -0.4 is 5.32 Å². The molecule has 0 bridgehead atoms. The summed E-state index contributed by atoms with van der Waals surface area (Å²) in [5.41, 5.74) is 4.66. The largest absolute Gasteiger partial charge is 0.457 e. The van der Waals surface area contributed by atoms with Gasteiger partial charge in [0, 0.05) is 30.9 Å². The number of carbonyl (C=O) groups is 1. The van der Waals surface area contributed by atoms with Crippen LogP contribution in [0.4, 0.5) is 8.78 Å². The van der Waals surface area contributed by atoms with Gasteiger partial charge in [-0.2, -0.15) is 5.26 Å². The topological polar surface area (TPSA) is 117 Å². The highest BCUT2D eigenvalue weighted by Gasteiger charge is 2.35. The van der Waals surface area contributed by atoms with Crippen LogP contribution in [0.2, 0.25) is 0 Å². The van der Waals surface area contributed by atoms with Crippen molar-refractivity contribution in [2.24, 2.45) is 0 Å². The van der Waals surface area contributed by atoms with Gasteiger partial charge in [0.2, 0.25) is 5.89 Å². The molecular weight excluding hydrogens is 458 g/mol. The second-order valence-corrected chi connectivity index (χ2v) is 8.73. The highest BCUT2D eigenvalue weighted by molar-refractivity contribution is 5.94. The average molecular weight is 480 g/mol. The number of hydrogen-bond acceptors (Lipinski definition) is 9.